The average Bonchev–Trinajstić information content (AvgIpc) is 2.81. The van der Waals surface area contributed by atoms with Crippen molar-refractivity contribution < 1.29 is 14.3 Å². The molecule has 1 aromatic carbocycles. The summed E-state index contributed by atoms with van der Waals surface area (Å²) in [6.45, 7) is 0.269. The monoisotopic (exact) mass is 287 g/mol. The van der Waals surface area contributed by atoms with Crippen LogP contribution >= 0.6 is 0 Å². The van der Waals surface area contributed by atoms with Crippen molar-refractivity contribution in [2.24, 2.45) is 0 Å². The molecule has 0 atom stereocenters. The average molecular weight is 287 g/mol. The highest BCUT2D eigenvalue weighted by Crippen LogP contribution is 2.32. The number of hydrogen-bond donors (Lipinski definition) is 1. The second-order valence-electron chi connectivity index (χ2n) is 5.64. The van der Waals surface area contributed by atoms with Crippen molar-refractivity contribution >= 4 is 12.0 Å². The predicted molar refractivity (Wildman–Crippen MR) is 81.2 cm³/mol. The van der Waals surface area contributed by atoms with Crippen molar-refractivity contribution in [1.29, 1.82) is 0 Å². The first-order chi connectivity index (χ1) is 10.3. The number of ether oxygens (including phenoxy) is 2. The van der Waals surface area contributed by atoms with Crippen molar-refractivity contribution in [1.82, 2.24) is 5.32 Å². The minimum atomic E-state index is -0.0143. The fourth-order valence-corrected chi connectivity index (χ4v) is 2.86. The van der Waals surface area contributed by atoms with Crippen LogP contribution in [-0.4, -0.2) is 18.7 Å². The summed E-state index contributed by atoms with van der Waals surface area (Å²) in [7, 11) is 0. The Balaban J connectivity index is 1.56. The second-order valence-corrected chi connectivity index (χ2v) is 5.64. The maximum Gasteiger partial charge on any atom is 0.244 e. The highest BCUT2D eigenvalue weighted by atomic mass is 16.7. The number of fused-ring (bicyclic) bond motifs is 1. The molecule has 4 heteroatoms. The van der Waals surface area contributed by atoms with Gasteiger partial charge >= 0.3 is 0 Å². The van der Waals surface area contributed by atoms with E-state index in [4.69, 9.17) is 9.47 Å². The van der Waals surface area contributed by atoms with Gasteiger partial charge in [0.1, 0.15) is 0 Å². The lowest BCUT2D eigenvalue weighted by Crippen LogP contribution is -2.33. The zero-order valence-corrected chi connectivity index (χ0v) is 12.1. The third kappa shape index (κ3) is 3.78. The normalized spacial score (nSPS) is 18.7. The Morgan fingerprint density at radius 3 is 2.67 bits per heavy atom. The third-order valence-electron chi connectivity index (χ3n) is 4.03. The second kappa shape index (κ2) is 6.66. The number of carbonyl (C=O) groups is 1. The van der Waals surface area contributed by atoms with Gasteiger partial charge in [-0.05, 0) is 36.6 Å². The van der Waals surface area contributed by atoms with Gasteiger partial charge in [-0.25, -0.2) is 0 Å². The Bertz CT molecular complexity index is 531. The van der Waals surface area contributed by atoms with Crippen LogP contribution < -0.4 is 14.8 Å². The standard InChI is InChI=1S/C17H21NO3/c19-17(18-14-5-3-1-2-4-6-14)10-8-13-7-9-15-16(11-13)21-12-20-15/h7-11,14H,1-6,12H2,(H,18,19). The minimum absolute atomic E-state index is 0.0143. The van der Waals surface area contributed by atoms with E-state index < -0.39 is 0 Å². The molecule has 0 spiro atoms. The first-order valence-electron chi connectivity index (χ1n) is 7.69. The Kier molecular flexibility index (Phi) is 4.43. The number of nitrogens with one attached hydrogen (secondary N) is 1. The maximum absolute atomic E-state index is 12.0. The molecule has 1 heterocycles. The smallest absolute Gasteiger partial charge is 0.244 e. The van der Waals surface area contributed by atoms with Crippen molar-refractivity contribution in [2.75, 3.05) is 6.79 Å². The molecule has 21 heavy (non-hydrogen) atoms. The third-order valence-corrected chi connectivity index (χ3v) is 4.03. The van der Waals surface area contributed by atoms with Crippen LogP contribution in [0.4, 0.5) is 0 Å². The number of hydrogen-bond acceptors (Lipinski definition) is 3. The lowest BCUT2D eigenvalue weighted by molar-refractivity contribution is -0.117. The van der Waals surface area contributed by atoms with Gasteiger partial charge in [-0.2, -0.15) is 0 Å². The summed E-state index contributed by atoms with van der Waals surface area (Å²) >= 11 is 0. The predicted octanol–water partition coefficient (Wildman–Crippen LogP) is 3.27. The lowest BCUT2D eigenvalue weighted by Gasteiger charge is -2.14. The van der Waals surface area contributed by atoms with Crippen molar-refractivity contribution in [3.8, 4) is 11.5 Å². The number of amides is 1. The highest BCUT2D eigenvalue weighted by Gasteiger charge is 2.14. The van der Waals surface area contributed by atoms with Crippen LogP contribution in [0, 0.1) is 0 Å². The first-order valence-corrected chi connectivity index (χ1v) is 7.69. The summed E-state index contributed by atoms with van der Waals surface area (Å²) in [4.78, 5) is 12.0. The molecule has 0 radical (unpaired) electrons. The fourth-order valence-electron chi connectivity index (χ4n) is 2.86. The van der Waals surface area contributed by atoms with Crippen molar-refractivity contribution in [3.05, 3.63) is 29.8 Å². The zero-order chi connectivity index (χ0) is 14.5. The molecular formula is C17H21NO3. The highest BCUT2D eigenvalue weighted by molar-refractivity contribution is 5.92. The summed E-state index contributed by atoms with van der Waals surface area (Å²) in [6.07, 6.45) is 10.6. The molecule has 112 valence electrons. The molecule has 4 nitrogen and oxygen atoms in total. The summed E-state index contributed by atoms with van der Waals surface area (Å²) in [6, 6.07) is 6.01. The van der Waals surface area contributed by atoms with Gasteiger partial charge in [0.15, 0.2) is 11.5 Å². The Labute approximate surface area is 125 Å². The Morgan fingerprint density at radius 2 is 1.86 bits per heavy atom. The molecule has 0 saturated heterocycles. The largest absolute Gasteiger partial charge is 0.454 e. The van der Waals surface area contributed by atoms with Gasteiger partial charge < -0.3 is 14.8 Å². The van der Waals surface area contributed by atoms with Crippen LogP contribution in [0.3, 0.4) is 0 Å². The van der Waals surface area contributed by atoms with Gasteiger partial charge in [0.25, 0.3) is 0 Å². The molecule has 1 saturated carbocycles. The van der Waals surface area contributed by atoms with E-state index in [1.807, 2.05) is 24.3 Å². The molecule has 1 fully saturated rings. The van der Waals surface area contributed by atoms with Crippen molar-refractivity contribution in [3.63, 3.8) is 0 Å². The number of benzene rings is 1. The Hall–Kier alpha value is -1.97. The molecule has 1 N–H and O–H groups in total. The molecule has 0 bridgehead atoms. The fraction of sp³-hybridized carbons (Fsp3) is 0.471. The van der Waals surface area contributed by atoms with E-state index in [1.54, 1.807) is 6.08 Å². The maximum atomic E-state index is 12.0. The molecule has 1 aromatic rings. The first kappa shape index (κ1) is 14.0. The van der Waals surface area contributed by atoms with Crippen molar-refractivity contribution in [2.45, 2.75) is 44.6 Å². The van der Waals surface area contributed by atoms with Crippen LogP contribution in [0.2, 0.25) is 0 Å². The quantitative estimate of drug-likeness (QED) is 0.685. The summed E-state index contributed by atoms with van der Waals surface area (Å²) in [5.74, 6) is 1.48. The van der Waals surface area contributed by atoms with Crippen LogP contribution in [0.1, 0.15) is 44.1 Å². The molecule has 2 aliphatic rings. The number of carbonyl (C=O) groups excluding carboxylic acids is 1. The van der Waals surface area contributed by atoms with Gasteiger partial charge in [-0.15, -0.1) is 0 Å². The van der Waals surface area contributed by atoms with E-state index in [9.17, 15) is 4.79 Å². The van der Waals surface area contributed by atoms with E-state index in [2.05, 4.69) is 5.32 Å². The minimum Gasteiger partial charge on any atom is -0.454 e. The molecule has 3 rings (SSSR count). The molecular weight excluding hydrogens is 266 g/mol. The molecule has 0 aromatic heterocycles. The molecule has 1 amide bonds. The SMILES string of the molecule is O=C(C=Cc1ccc2c(c1)OCO2)NC1CCCCCC1. The van der Waals surface area contributed by atoms with E-state index >= 15 is 0 Å². The molecule has 1 aliphatic carbocycles. The number of rotatable bonds is 3. The summed E-state index contributed by atoms with van der Waals surface area (Å²) in [5.41, 5.74) is 0.940. The zero-order valence-electron chi connectivity index (χ0n) is 12.1. The van der Waals surface area contributed by atoms with Gasteiger partial charge in [-0.1, -0.05) is 31.7 Å². The lowest BCUT2D eigenvalue weighted by atomic mass is 10.1. The van der Waals surface area contributed by atoms with E-state index in [-0.39, 0.29) is 12.7 Å². The van der Waals surface area contributed by atoms with E-state index in [0.29, 0.717) is 6.04 Å². The van der Waals surface area contributed by atoms with E-state index in [0.717, 1.165) is 29.9 Å². The summed E-state index contributed by atoms with van der Waals surface area (Å²) < 4.78 is 10.6. The van der Waals surface area contributed by atoms with E-state index in [1.165, 1.54) is 25.7 Å². The topological polar surface area (TPSA) is 47.6 Å². The van der Waals surface area contributed by atoms with Crippen LogP contribution in [0.25, 0.3) is 6.08 Å². The van der Waals surface area contributed by atoms with Crippen LogP contribution in [-0.2, 0) is 4.79 Å². The van der Waals surface area contributed by atoms with Gasteiger partial charge in [0.2, 0.25) is 12.7 Å². The van der Waals surface area contributed by atoms with Crippen LogP contribution in [0.5, 0.6) is 11.5 Å². The van der Waals surface area contributed by atoms with Gasteiger partial charge in [-0.3, -0.25) is 4.79 Å². The van der Waals surface area contributed by atoms with Crippen LogP contribution in [0.15, 0.2) is 24.3 Å². The molecule has 0 unspecified atom stereocenters. The summed E-state index contributed by atoms with van der Waals surface area (Å²) in [5, 5.41) is 3.10. The Morgan fingerprint density at radius 1 is 1.10 bits per heavy atom. The van der Waals surface area contributed by atoms with Gasteiger partial charge in [0, 0.05) is 12.1 Å². The van der Waals surface area contributed by atoms with Gasteiger partial charge in [0.05, 0.1) is 0 Å². The molecule has 1 aliphatic heterocycles.